The van der Waals surface area contributed by atoms with Crippen LogP contribution in [0.3, 0.4) is 0 Å². The van der Waals surface area contributed by atoms with Crippen LogP contribution in [0.1, 0.15) is 41.5 Å². The Morgan fingerprint density at radius 3 is 1.28 bits per heavy atom. The van der Waals surface area contributed by atoms with Crippen LogP contribution >= 0.6 is 15.6 Å². The second-order valence-electron chi connectivity index (χ2n) is 9.19. The van der Waals surface area contributed by atoms with Gasteiger partial charge < -0.3 is 40.5 Å². The molecule has 0 spiro atoms. The lowest BCUT2D eigenvalue weighted by molar-refractivity contribution is -0.147. The van der Waals surface area contributed by atoms with Crippen molar-refractivity contribution in [2.45, 2.75) is 65.8 Å². The molecule has 0 aliphatic heterocycles. The van der Waals surface area contributed by atoms with Crippen molar-refractivity contribution in [2.24, 2.45) is 0 Å². The number of hydrogen-bond donors (Lipinski definition) is 6. The van der Waals surface area contributed by atoms with Crippen molar-refractivity contribution < 1.29 is 70.5 Å². The van der Waals surface area contributed by atoms with E-state index in [0.29, 0.717) is 0 Å². The van der Waals surface area contributed by atoms with E-state index < -0.39 is 96.1 Å². The number of phosphoric acid groups is 2. The third-order valence-corrected chi connectivity index (χ3v) is 7.03. The van der Waals surface area contributed by atoms with Crippen LogP contribution in [-0.2, 0) is 55.9 Å². The van der Waals surface area contributed by atoms with Crippen molar-refractivity contribution in [1.82, 2.24) is 21.3 Å². The minimum atomic E-state index is -4.66. The Morgan fingerprint density at radius 2 is 1.00 bits per heavy atom. The first-order chi connectivity index (χ1) is 21.4. The Kier molecular flexibility index (Phi) is 20.9. The number of amides is 4. The second kappa shape index (κ2) is 22.4. The zero-order valence-electron chi connectivity index (χ0n) is 26.5. The van der Waals surface area contributed by atoms with Gasteiger partial charge >= 0.3 is 33.6 Å². The minimum absolute atomic E-state index is 0.258. The molecule has 264 valence electrons. The predicted octanol–water partition coefficient (Wildman–Crippen LogP) is 0.578. The summed E-state index contributed by atoms with van der Waals surface area (Å²) in [5.41, 5.74) is 0. The van der Waals surface area contributed by atoms with Crippen LogP contribution in [0.25, 0.3) is 0 Å². The Balaban J connectivity index is 4.65. The van der Waals surface area contributed by atoms with Gasteiger partial charge in [-0.1, -0.05) is 12.2 Å². The molecule has 4 amide bonds. The van der Waals surface area contributed by atoms with Gasteiger partial charge in [-0.25, -0.2) is 13.9 Å². The van der Waals surface area contributed by atoms with Gasteiger partial charge in [-0.2, -0.15) is 0 Å². The van der Waals surface area contributed by atoms with Crippen LogP contribution in [0, 0.1) is 0 Å². The fourth-order valence-corrected chi connectivity index (χ4v) is 4.86. The first-order valence-corrected chi connectivity index (χ1v) is 16.8. The largest absolute Gasteiger partial charge is 0.472 e. The lowest BCUT2D eigenvalue weighted by Gasteiger charge is -2.25. The van der Waals surface area contributed by atoms with E-state index in [1.54, 1.807) is 26.0 Å². The molecule has 0 radical (unpaired) electrons. The van der Waals surface area contributed by atoms with Crippen molar-refractivity contribution >= 4 is 45.4 Å². The summed E-state index contributed by atoms with van der Waals surface area (Å²) >= 11 is 0. The average Bonchev–Trinajstić information content (AvgIpc) is 2.92. The summed E-state index contributed by atoms with van der Waals surface area (Å²) in [6.07, 6.45) is 4.03. The summed E-state index contributed by atoms with van der Waals surface area (Å²) < 4.78 is 54.1. The summed E-state index contributed by atoms with van der Waals surface area (Å²) in [6, 6.07) is -2.80. The van der Waals surface area contributed by atoms with Crippen LogP contribution in [0.2, 0.25) is 0 Å². The van der Waals surface area contributed by atoms with Crippen molar-refractivity contribution in [2.75, 3.05) is 39.5 Å². The van der Waals surface area contributed by atoms with Gasteiger partial charge in [0.1, 0.15) is 12.2 Å². The molecule has 19 nitrogen and oxygen atoms in total. The number of hydrogen-bond acceptors (Lipinski definition) is 13. The van der Waals surface area contributed by atoms with Crippen LogP contribution < -0.4 is 21.3 Å². The lowest BCUT2D eigenvalue weighted by Crippen LogP contribution is -2.46. The van der Waals surface area contributed by atoms with Crippen LogP contribution in [-0.4, -0.2) is 103 Å². The smallest absolute Gasteiger partial charge is 0.456 e. The molecule has 0 aromatic rings. The molecule has 0 saturated heterocycles. The maximum absolute atomic E-state index is 12.2. The van der Waals surface area contributed by atoms with E-state index in [9.17, 15) is 42.9 Å². The number of carbonyl (C=O) groups is 5. The van der Waals surface area contributed by atoms with E-state index in [2.05, 4.69) is 21.3 Å². The van der Waals surface area contributed by atoms with E-state index >= 15 is 0 Å². The number of carbonyl (C=O) groups excluding carboxylic acids is 5. The third kappa shape index (κ3) is 21.6. The van der Waals surface area contributed by atoms with Gasteiger partial charge in [0.2, 0.25) is 11.8 Å². The van der Waals surface area contributed by atoms with Crippen molar-refractivity contribution in [3.05, 3.63) is 24.3 Å². The minimum Gasteiger partial charge on any atom is -0.456 e. The molecule has 21 heteroatoms. The molecule has 0 aromatic heterocycles. The van der Waals surface area contributed by atoms with E-state index in [0.717, 1.165) is 13.8 Å². The van der Waals surface area contributed by atoms with Crippen LogP contribution in [0.4, 0.5) is 4.79 Å². The number of urea groups is 1. The van der Waals surface area contributed by atoms with Crippen LogP contribution in [0.5, 0.6) is 0 Å². The molecular weight excluding hydrogens is 658 g/mol. The standard InChI is InChI=1S/C25H44N4O15P2/c1-7-9-23(43-19(5)32)21(28-17(3)30)15-41-45(35,36)39-13-11-26-25(34)27-12-14-40-46(37,38)42-16-22(29-18(4)31)24(10-8-2)44-20(6)33/h7-10,21-24H,11-16H2,1-6H3,(H,28,30)(H,29,31)(H,35,36)(H,37,38)(H2,26,27,34)/b9-7+,10-8+/t21-,22-,23?,24?/m0/s1. The topological polar surface area (TPSA) is 263 Å². The second-order valence-corrected chi connectivity index (χ2v) is 12.1. The normalized spacial score (nSPS) is 16.7. The van der Waals surface area contributed by atoms with Gasteiger partial charge in [0.05, 0.1) is 38.5 Å². The van der Waals surface area contributed by atoms with E-state index in [1.165, 1.54) is 26.0 Å². The first kappa shape index (κ1) is 42.9. The number of esters is 2. The monoisotopic (exact) mass is 702 g/mol. The van der Waals surface area contributed by atoms with Gasteiger partial charge in [-0.15, -0.1) is 0 Å². The zero-order valence-corrected chi connectivity index (χ0v) is 28.2. The zero-order chi connectivity index (χ0) is 35.3. The van der Waals surface area contributed by atoms with E-state index in [-0.39, 0.29) is 13.1 Å². The van der Waals surface area contributed by atoms with Crippen molar-refractivity contribution in [1.29, 1.82) is 0 Å². The molecule has 6 atom stereocenters. The van der Waals surface area contributed by atoms with Gasteiger partial charge in [-0.05, 0) is 26.0 Å². The summed E-state index contributed by atoms with van der Waals surface area (Å²) in [5, 5.41) is 9.53. The number of rotatable bonds is 22. The fraction of sp³-hybridized carbons (Fsp3) is 0.640. The highest BCUT2D eigenvalue weighted by molar-refractivity contribution is 7.47. The molecule has 4 unspecified atom stereocenters. The Hall–Kier alpha value is -3.15. The maximum Gasteiger partial charge on any atom is 0.472 e. The molecule has 0 aliphatic carbocycles. The van der Waals surface area contributed by atoms with Crippen LogP contribution in [0.15, 0.2) is 24.3 Å². The highest BCUT2D eigenvalue weighted by Gasteiger charge is 2.30. The highest BCUT2D eigenvalue weighted by Crippen LogP contribution is 2.43. The molecule has 6 N–H and O–H groups in total. The number of allylic oxidation sites excluding steroid dienone is 2. The average molecular weight is 703 g/mol. The molecule has 0 aliphatic rings. The number of phosphoric ester groups is 2. The maximum atomic E-state index is 12.2. The first-order valence-electron chi connectivity index (χ1n) is 13.8. The van der Waals surface area contributed by atoms with E-state index in [4.69, 9.17) is 27.6 Å². The van der Waals surface area contributed by atoms with Gasteiger partial charge in [0, 0.05) is 40.8 Å². The summed E-state index contributed by atoms with van der Waals surface area (Å²) in [5.74, 6) is -2.33. The van der Waals surface area contributed by atoms with Gasteiger partial charge in [0.25, 0.3) is 0 Å². The Bertz CT molecular complexity index is 1080. The molecule has 0 bridgehead atoms. The van der Waals surface area contributed by atoms with Crippen molar-refractivity contribution in [3.8, 4) is 0 Å². The SMILES string of the molecule is C/C=C/C(OC(C)=O)[C@H](COP(=O)(O)OCCNC(=O)NCCOP(=O)(O)OC[C@H](NC(C)=O)C(/C=C/C)OC(C)=O)NC(C)=O. The molecule has 0 aromatic carbocycles. The molecule has 0 saturated carbocycles. The lowest BCUT2D eigenvalue weighted by atomic mass is 10.1. The Labute approximate surface area is 266 Å². The van der Waals surface area contributed by atoms with Crippen molar-refractivity contribution in [3.63, 3.8) is 0 Å². The molecular formula is C25H44N4O15P2. The molecule has 0 fully saturated rings. The summed E-state index contributed by atoms with van der Waals surface area (Å²) in [7, 11) is -9.32. The summed E-state index contributed by atoms with van der Waals surface area (Å²) in [6.45, 7) is 5.41. The molecule has 0 heterocycles. The van der Waals surface area contributed by atoms with Gasteiger partial charge in [0.15, 0.2) is 0 Å². The highest BCUT2D eigenvalue weighted by atomic mass is 31.2. The number of nitrogens with one attached hydrogen (secondary N) is 4. The third-order valence-electron chi connectivity index (χ3n) is 5.06. The molecule has 0 rings (SSSR count). The van der Waals surface area contributed by atoms with Gasteiger partial charge in [-0.3, -0.25) is 37.3 Å². The quantitative estimate of drug-likeness (QED) is 0.0390. The fourth-order valence-electron chi connectivity index (χ4n) is 3.37. The Morgan fingerprint density at radius 1 is 0.652 bits per heavy atom. The molecule has 46 heavy (non-hydrogen) atoms. The van der Waals surface area contributed by atoms with E-state index in [1.807, 2.05) is 0 Å². The number of ether oxygens (including phenoxy) is 2. The predicted molar refractivity (Wildman–Crippen MR) is 161 cm³/mol. The summed E-state index contributed by atoms with van der Waals surface area (Å²) in [4.78, 5) is 77.7.